The van der Waals surface area contributed by atoms with Gasteiger partial charge in [0.15, 0.2) is 0 Å². The number of rotatable bonds is 3. The van der Waals surface area contributed by atoms with Crippen molar-refractivity contribution in [1.82, 2.24) is 25.1 Å². The summed E-state index contributed by atoms with van der Waals surface area (Å²) in [5.41, 5.74) is 8.02. The molecule has 0 fully saturated rings. The first-order valence-electron chi connectivity index (χ1n) is 8.33. The van der Waals surface area contributed by atoms with E-state index in [1.807, 2.05) is 35.7 Å². The molecule has 4 aromatic rings. The molecule has 5 nitrogen and oxygen atoms in total. The van der Waals surface area contributed by atoms with E-state index in [9.17, 15) is 0 Å². The molecule has 4 heterocycles. The molecule has 1 N–H and O–H groups in total. The van der Waals surface area contributed by atoms with Crippen molar-refractivity contribution >= 4 is 17.4 Å². The number of nitrogens with one attached hydrogen (secondary N) is 1. The zero-order valence-electron chi connectivity index (χ0n) is 13.8. The second-order valence-electron chi connectivity index (χ2n) is 6.29. The van der Waals surface area contributed by atoms with Gasteiger partial charge in [-0.2, -0.15) is 5.10 Å². The molecule has 1 aliphatic rings. The number of aromatic nitrogens is 5. The quantitative estimate of drug-likeness (QED) is 0.604. The lowest BCUT2D eigenvalue weighted by atomic mass is 9.69. The fourth-order valence-electron chi connectivity index (χ4n) is 3.65. The minimum atomic E-state index is -0.273. The monoisotopic (exact) mass is 357 g/mol. The third-order valence-electron chi connectivity index (χ3n) is 4.94. The van der Waals surface area contributed by atoms with Crippen LogP contribution in [0.1, 0.15) is 22.4 Å². The predicted octanol–water partition coefficient (Wildman–Crippen LogP) is 3.88. The van der Waals surface area contributed by atoms with E-state index < -0.39 is 0 Å². The third kappa shape index (κ3) is 2.30. The van der Waals surface area contributed by atoms with Gasteiger partial charge in [0.2, 0.25) is 0 Å². The molecule has 0 aliphatic heterocycles. The number of hydrogen-bond acceptors (Lipinski definition) is 5. The second kappa shape index (κ2) is 6.00. The molecule has 26 heavy (non-hydrogen) atoms. The van der Waals surface area contributed by atoms with E-state index >= 15 is 0 Å². The summed E-state index contributed by atoms with van der Waals surface area (Å²) in [5, 5.41) is 9.80. The topological polar surface area (TPSA) is 67.3 Å². The summed E-state index contributed by atoms with van der Waals surface area (Å²) in [6.07, 6.45) is 12.6. The van der Waals surface area contributed by atoms with E-state index in [2.05, 4.69) is 61.6 Å². The lowest BCUT2D eigenvalue weighted by Crippen LogP contribution is -2.30. The first-order chi connectivity index (χ1) is 12.9. The van der Waals surface area contributed by atoms with Gasteiger partial charge >= 0.3 is 0 Å². The highest BCUT2D eigenvalue weighted by atomic mass is 32.1. The minimum absolute atomic E-state index is 0.273. The van der Waals surface area contributed by atoms with Gasteiger partial charge in [-0.15, -0.1) is 11.3 Å². The maximum Gasteiger partial charge on any atom is 0.119 e. The Balaban J connectivity index is 1.67. The van der Waals surface area contributed by atoms with Gasteiger partial charge < -0.3 is 0 Å². The standard InChI is InChI=1S/C20H15N5S/c1-6-20(14-2-7-21-8-3-14,15-4-9-22-10-5-15)11-17-16(1)19(25-24-17)18-12-26-13-23-18/h1-10,12-13H,11H2,(H,24,25). The van der Waals surface area contributed by atoms with E-state index in [0.29, 0.717) is 0 Å². The molecule has 0 saturated carbocycles. The highest BCUT2D eigenvalue weighted by molar-refractivity contribution is 7.07. The van der Waals surface area contributed by atoms with Gasteiger partial charge in [0.25, 0.3) is 0 Å². The lowest BCUT2D eigenvalue weighted by molar-refractivity contribution is 0.619. The Hall–Kier alpha value is -3.12. The first-order valence-corrected chi connectivity index (χ1v) is 9.27. The van der Waals surface area contributed by atoms with Crippen LogP contribution in [0.3, 0.4) is 0 Å². The zero-order valence-corrected chi connectivity index (χ0v) is 14.6. The molecular weight excluding hydrogens is 342 g/mol. The van der Waals surface area contributed by atoms with Gasteiger partial charge in [-0.25, -0.2) is 4.98 Å². The van der Waals surface area contributed by atoms with Crippen LogP contribution in [0.15, 0.2) is 66.0 Å². The lowest BCUT2D eigenvalue weighted by Gasteiger charge is -2.34. The highest BCUT2D eigenvalue weighted by Gasteiger charge is 2.36. The highest BCUT2D eigenvalue weighted by Crippen LogP contribution is 2.42. The Labute approximate surface area is 154 Å². The van der Waals surface area contributed by atoms with Gasteiger partial charge in [0, 0.05) is 53.3 Å². The third-order valence-corrected chi connectivity index (χ3v) is 5.53. The van der Waals surface area contributed by atoms with Crippen molar-refractivity contribution in [2.45, 2.75) is 11.8 Å². The smallest absolute Gasteiger partial charge is 0.119 e. The second-order valence-corrected chi connectivity index (χ2v) is 7.01. The molecule has 1 aliphatic carbocycles. The minimum Gasteiger partial charge on any atom is -0.281 e. The molecule has 126 valence electrons. The van der Waals surface area contributed by atoms with E-state index in [1.165, 1.54) is 11.1 Å². The zero-order chi connectivity index (χ0) is 17.4. The molecule has 0 unspecified atom stereocenters. The van der Waals surface area contributed by atoms with Crippen LogP contribution in [0.2, 0.25) is 0 Å². The summed E-state index contributed by atoms with van der Waals surface area (Å²) >= 11 is 1.58. The number of hydrogen-bond donors (Lipinski definition) is 1. The Morgan fingerprint density at radius 1 is 0.962 bits per heavy atom. The Morgan fingerprint density at radius 3 is 2.27 bits per heavy atom. The van der Waals surface area contributed by atoms with Crippen molar-refractivity contribution < 1.29 is 0 Å². The van der Waals surface area contributed by atoms with Gasteiger partial charge in [-0.1, -0.05) is 12.2 Å². The van der Waals surface area contributed by atoms with Gasteiger partial charge in [-0.05, 0) is 35.4 Å². The Kier molecular flexibility index (Phi) is 3.50. The van der Waals surface area contributed by atoms with Crippen molar-refractivity contribution in [3.63, 3.8) is 0 Å². The van der Waals surface area contributed by atoms with Crippen LogP contribution in [-0.4, -0.2) is 25.1 Å². The maximum atomic E-state index is 4.54. The SMILES string of the molecule is C1=CC(c2ccncc2)(c2ccncc2)Cc2[nH]nc(-c3cscn3)c21. The Morgan fingerprint density at radius 2 is 1.65 bits per heavy atom. The molecule has 0 aromatic carbocycles. The number of allylic oxidation sites excluding steroid dienone is 1. The van der Waals surface area contributed by atoms with Crippen LogP contribution >= 0.6 is 11.3 Å². The molecule has 0 radical (unpaired) electrons. The number of nitrogens with zero attached hydrogens (tertiary/aromatic N) is 4. The van der Waals surface area contributed by atoms with Crippen LogP contribution in [0, 0.1) is 0 Å². The van der Waals surface area contributed by atoms with Crippen molar-refractivity contribution in [2.75, 3.05) is 0 Å². The molecule has 0 atom stereocenters. The van der Waals surface area contributed by atoms with Gasteiger partial charge in [0.1, 0.15) is 11.4 Å². The maximum absolute atomic E-state index is 4.54. The normalized spacial score (nSPS) is 14.9. The number of pyridine rings is 2. The number of H-pyrrole nitrogens is 1. The summed E-state index contributed by atoms with van der Waals surface area (Å²) in [4.78, 5) is 12.8. The number of fused-ring (bicyclic) bond motifs is 1. The van der Waals surface area contributed by atoms with E-state index in [1.54, 1.807) is 11.3 Å². The molecular formula is C20H15N5S. The van der Waals surface area contributed by atoms with Crippen molar-refractivity contribution in [2.24, 2.45) is 0 Å². The van der Waals surface area contributed by atoms with Gasteiger partial charge in [-0.3, -0.25) is 15.1 Å². The molecule has 6 heteroatoms. The van der Waals surface area contributed by atoms with Crippen molar-refractivity contribution in [3.05, 3.63) is 88.4 Å². The van der Waals surface area contributed by atoms with E-state index in [-0.39, 0.29) is 5.41 Å². The summed E-state index contributed by atoms with van der Waals surface area (Å²) in [6, 6.07) is 8.31. The summed E-state index contributed by atoms with van der Waals surface area (Å²) < 4.78 is 0. The van der Waals surface area contributed by atoms with Crippen molar-refractivity contribution in [1.29, 1.82) is 0 Å². The fraction of sp³-hybridized carbons (Fsp3) is 0.100. The predicted molar refractivity (Wildman–Crippen MR) is 102 cm³/mol. The molecule has 0 spiro atoms. The molecule has 5 rings (SSSR count). The number of thiazole rings is 1. The molecule has 4 aromatic heterocycles. The van der Waals surface area contributed by atoms with E-state index in [4.69, 9.17) is 0 Å². The van der Waals surface area contributed by atoms with Gasteiger partial charge in [0.05, 0.1) is 5.51 Å². The van der Waals surface area contributed by atoms with Crippen LogP contribution in [0.25, 0.3) is 17.5 Å². The largest absolute Gasteiger partial charge is 0.281 e. The summed E-state index contributed by atoms with van der Waals surface area (Å²) in [7, 11) is 0. The van der Waals surface area contributed by atoms with Crippen LogP contribution in [0.5, 0.6) is 0 Å². The van der Waals surface area contributed by atoms with Crippen LogP contribution < -0.4 is 0 Å². The van der Waals surface area contributed by atoms with E-state index in [0.717, 1.165) is 29.1 Å². The van der Waals surface area contributed by atoms with Crippen LogP contribution in [-0.2, 0) is 11.8 Å². The molecule has 0 amide bonds. The average Bonchev–Trinajstić information content (AvgIpc) is 3.38. The molecule has 0 bridgehead atoms. The summed E-state index contributed by atoms with van der Waals surface area (Å²) in [5.74, 6) is 0. The number of aromatic amines is 1. The first kappa shape index (κ1) is 15.2. The fourth-order valence-corrected chi connectivity index (χ4v) is 4.19. The molecule has 0 saturated heterocycles. The van der Waals surface area contributed by atoms with Crippen molar-refractivity contribution in [3.8, 4) is 11.4 Å². The van der Waals surface area contributed by atoms with Crippen LogP contribution in [0.4, 0.5) is 0 Å². The average molecular weight is 357 g/mol. The Bertz CT molecular complexity index is 1010. The summed E-state index contributed by atoms with van der Waals surface area (Å²) in [6.45, 7) is 0.